The summed E-state index contributed by atoms with van der Waals surface area (Å²) in [6.45, 7) is 7.23. The smallest absolute Gasteiger partial charge is 0.226 e. The first-order valence-electron chi connectivity index (χ1n) is 8.70. The van der Waals surface area contributed by atoms with Gasteiger partial charge in [0.15, 0.2) is 0 Å². The lowest BCUT2D eigenvalue weighted by Crippen LogP contribution is -3.12. The van der Waals surface area contributed by atoms with Crippen molar-refractivity contribution in [2.45, 2.75) is 39.2 Å². The molecule has 0 spiro atoms. The summed E-state index contributed by atoms with van der Waals surface area (Å²) in [5.41, 5.74) is 9.12. The summed E-state index contributed by atoms with van der Waals surface area (Å²) >= 11 is 1.70. The Bertz CT molecular complexity index is 693. The van der Waals surface area contributed by atoms with Gasteiger partial charge in [-0.2, -0.15) is 0 Å². The van der Waals surface area contributed by atoms with Crippen molar-refractivity contribution in [1.82, 2.24) is 4.98 Å². The summed E-state index contributed by atoms with van der Waals surface area (Å²) in [6.07, 6.45) is 2.00. The van der Waals surface area contributed by atoms with Crippen LogP contribution in [0.1, 0.15) is 43.9 Å². The number of nitrogens with one attached hydrogen (secondary N) is 1. The van der Waals surface area contributed by atoms with E-state index in [4.69, 9.17) is 10.7 Å². The summed E-state index contributed by atoms with van der Waals surface area (Å²) in [7, 11) is 0. The molecule has 2 aromatic rings. The summed E-state index contributed by atoms with van der Waals surface area (Å²) in [5.74, 6) is 0.415. The molecule has 2 heterocycles. The number of nitrogens with two attached hydrogens (primary N) is 1. The SMILES string of the molecule is CC(C)c1ccc(-c2nc(C[NH+]3CCC[C@@H](C(N)=O)C3)cs2)cc1. The third-order valence-corrected chi connectivity index (χ3v) is 5.77. The lowest BCUT2D eigenvalue weighted by Gasteiger charge is -2.27. The van der Waals surface area contributed by atoms with Crippen molar-refractivity contribution in [3.8, 4) is 10.6 Å². The van der Waals surface area contributed by atoms with Crippen LogP contribution in [0, 0.1) is 5.92 Å². The Morgan fingerprint density at radius 2 is 2.12 bits per heavy atom. The van der Waals surface area contributed by atoms with Gasteiger partial charge in [-0.05, 0) is 24.3 Å². The van der Waals surface area contributed by atoms with Crippen LogP contribution in [0.15, 0.2) is 29.6 Å². The molecule has 2 atom stereocenters. The fourth-order valence-electron chi connectivity index (χ4n) is 3.34. The first-order valence-corrected chi connectivity index (χ1v) is 9.58. The van der Waals surface area contributed by atoms with Crippen molar-refractivity contribution >= 4 is 17.2 Å². The number of piperidine rings is 1. The number of carbonyl (C=O) groups excluding carboxylic acids is 1. The number of nitrogens with zero attached hydrogens (tertiary/aromatic N) is 1. The van der Waals surface area contributed by atoms with Crippen molar-refractivity contribution in [3.63, 3.8) is 0 Å². The van der Waals surface area contributed by atoms with Crippen molar-refractivity contribution in [1.29, 1.82) is 0 Å². The molecule has 0 aliphatic carbocycles. The van der Waals surface area contributed by atoms with Gasteiger partial charge in [0, 0.05) is 10.9 Å². The van der Waals surface area contributed by atoms with Crippen LogP contribution in [0.3, 0.4) is 0 Å². The number of hydrogen-bond donors (Lipinski definition) is 2. The number of amides is 1. The van der Waals surface area contributed by atoms with Gasteiger partial charge in [0.05, 0.1) is 19.0 Å². The molecular formula is C19H26N3OS+. The molecule has 1 aromatic carbocycles. The quantitative estimate of drug-likeness (QED) is 0.874. The average Bonchev–Trinajstić information content (AvgIpc) is 3.03. The second-order valence-corrected chi connectivity index (χ2v) is 7.90. The van der Waals surface area contributed by atoms with E-state index < -0.39 is 0 Å². The van der Waals surface area contributed by atoms with Crippen LogP contribution in [0.2, 0.25) is 0 Å². The number of benzene rings is 1. The van der Waals surface area contributed by atoms with E-state index in [1.807, 2.05) is 0 Å². The van der Waals surface area contributed by atoms with Gasteiger partial charge in [0.1, 0.15) is 17.2 Å². The van der Waals surface area contributed by atoms with Crippen molar-refractivity contribution in [3.05, 3.63) is 40.9 Å². The Hall–Kier alpha value is -1.72. The van der Waals surface area contributed by atoms with Gasteiger partial charge >= 0.3 is 0 Å². The molecule has 0 saturated carbocycles. The van der Waals surface area contributed by atoms with Gasteiger partial charge in [-0.3, -0.25) is 4.79 Å². The van der Waals surface area contributed by atoms with Gasteiger partial charge < -0.3 is 10.6 Å². The van der Waals surface area contributed by atoms with Crippen LogP contribution in [-0.2, 0) is 11.3 Å². The van der Waals surface area contributed by atoms with Gasteiger partial charge in [0.2, 0.25) is 5.91 Å². The van der Waals surface area contributed by atoms with Crippen molar-refractivity contribution < 1.29 is 9.69 Å². The second-order valence-electron chi connectivity index (χ2n) is 7.04. The number of likely N-dealkylation sites (tertiary alicyclic amines) is 1. The van der Waals surface area contributed by atoms with Gasteiger partial charge in [-0.25, -0.2) is 4.98 Å². The molecule has 5 heteroatoms. The minimum absolute atomic E-state index is 0.0235. The van der Waals surface area contributed by atoms with Crippen LogP contribution in [-0.4, -0.2) is 24.0 Å². The molecule has 1 fully saturated rings. The molecule has 0 bridgehead atoms. The van der Waals surface area contributed by atoms with Crippen molar-refractivity contribution in [2.24, 2.45) is 11.7 Å². The molecular weight excluding hydrogens is 318 g/mol. The van der Waals surface area contributed by atoms with E-state index in [2.05, 4.69) is 43.5 Å². The Labute approximate surface area is 147 Å². The highest BCUT2D eigenvalue weighted by Gasteiger charge is 2.27. The zero-order chi connectivity index (χ0) is 17.1. The largest absolute Gasteiger partial charge is 0.369 e. The highest BCUT2D eigenvalue weighted by Crippen LogP contribution is 2.25. The van der Waals surface area contributed by atoms with E-state index in [-0.39, 0.29) is 11.8 Å². The lowest BCUT2D eigenvalue weighted by atomic mass is 9.97. The number of quaternary nitrogens is 1. The highest BCUT2D eigenvalue weighted by atomic mass is 32.1. The standard InChI is InChI=1S/C19H25N3OS/c1-13(2)14-5-7-15(8-6-14)19-21-17(12-24-19)11-22-9-3-4-16(10-22)18(20)23/h5-8,12-13,16H,3-4,9-11H2,1-2H3,(H2,20,23)/p+1/t16-/m1/s1. The molecule has 1 amide bonds. The van der Waals surface area contributed by atoms with E-state index >= 15 is 0 Å². The van der Waals surface area contributed by atoms with E-state index in [1.54, 1.807) is 11.3 Å². The Morgan fingerprint density at radius 1 is 1.38 bits per heavy atom. The first-order chi connectivity index (χ1) is 11.5. The van der Waals surface area contributed by atoms with E-state index in [0.717, 1.165) is 43.2 Å². The predicted octanol–water partition coefficient (Wildman–Crippen LogP) is 2.21. The fourth-order valence-corrected chi connectivity index (χ4v) is 4.17. The first kappa shape index (κ1) is 17.1. The molecule has 1 aromatic heterocycles. The molecule has 1 saturated heterocycles. The topological polar surface area (TPSA) is 60.4 Å². The van der Waals surface area contributed by atoms with E-state index in [9.17, 15) is 4.79 Å². The van der Waals surface area contributed by atoms with Crippen LogP contribution in [0.25, 0.3) is 10.6 Å². The summed E-state index contributed by atoms with van der Waals surface area (Å²) < 4.78 is 0. The minimum Gasteiger partial charge on any atom is -0.369 e. The maximum atomic E-state index is 11.4. The molecule has 1 aliphatic rings. The van der Waals surface area contributed by atoms with E-state index in [0.29, 0.717) is 5.92 Å². The van der Waals surface area contributed by atoms with Gasteiger partial charge in [-0.15, -0.1) is 11.3 Å². The molecule has 4 nitrogen and oxygen atoms in total. The number of carbonyl (C=O) groups is 1. The Balaban J connectivity index is 1.66. The summed E-state index contributed by atoms with van der Waals surface area (Å²) in [6, 6.07) is 8.70. The fraction of sp³-hybridized carbons (Fsp3) is 0.474. The second kappa shape index (κ2) is 7.45. The Kier molecular flexibility index (Phi) is 5.31. The maximum absolute atomic E-state index is 11.4. The number of rotatable bonds is 5. The normalized spacial score (nSPS) is 21.1. The zero-order valence-electron chi connectivity index (χ0n) is 14.4. The molecule has 24 heavy (non-hydrogen) atoms. The van der Waals surface area contributed by atoms with Crippen LogP contribution in [0.4, 0.5) is 0 Å². The Morgan fingerprint density at radius 3 is 2.79 bits per heavy atom. The van der Waals surface area contributed by atoms with Gasteiger partial charge in [0.25, 0.3) is 0 Å². The monoisotopic (exact) mass is 344 g/mol. The molecule has 0 radical (unpaired) electrons. The number of thiazole rings is 1. The minimum atomic E-state index is -0.156. The molecule has 3 rings (SSSR count). The summed E-state index contributed by atoms with van der Waals surface area (Å²) in [5, 5.41) is 3.22. The van der Waals surface area contributed by atoms with E-state index in [1.165, 1.54) is 16.0 Å². The predicted molar refractivity (Wildman–Crippen MR) is 98.0 cm³/mol. The van der Waals surface area contributed by atoms with Gasteiger partial charge in [-0.1, -0.05) is 38.1 Å². The molecule has 1 unspecified atom stereocenters. The van der Waals surface area contributed by atoms with Crippen molar-refractivity contribution in [2.75, 3.05) is 13.1 Å². The summed E-state index contributed by atoms with van der Waals surface area (Å²) in [4.78, 5) is 17.6. The zero-order valence-corrected chi connectivity index (χ0v) is 15.2. The average molecular weight is 345 g/mol. The lowest BCUT2D eigenvalue weighted by molar-refractivity contribution is -0.921. The third-order valence-electron chi connectivity index (χ3n) is 4.83. The molecule has 128 valence electrons. The number of primary amides is 1. The number of hydrogen-bond acceptors (Lipinski definition) is 3. The highest BCUT2D eigenvalue weighted by molar-refractivity contribution is 7.13. The number of aromatic nitrogens is 1. The molecule has 3 N–H and O–H groups in total. The van der Waals surface area contributed by atoms with Crippen LogP contribution < -0.4 is 10.6 Å². The maximum Gasteiger partial charge on any atom is 0.226 e. The van der Waals surface area contributed by atoms with Crippen LogP contribution in [0.5, 0.6) is 0 Å². The van der Waals surface area contributed by atoms with Crippen LogP contribution >= 0.6 is 11.3 Å². The molecule has 1 aliphatic heterocycles. The third kappa shape index (κ3) is 4.02.